The van der Waals surface area contributed by atoms with Crippen molar-refractivity contribution in [2.45, 2.75) is 12.3 Å². The van der Waals surface area contributed by atoms with Crippen molar-refractivity contribution < 1.29 is 14.2 Å². The topological polar surface area (TPSA) is 29.5 Å². The Kier molecular flexibility index (Phi) is 4.53. The van der Waals surface area contributed by atoms with E-state index < -0.39 is 0 Å². The van der Waals surface area contributed by atoms with Crippen LogP contribution in [0.3, 0.4) is 0 Å². The number of rotatable bonds is 5. The Labute approximate surface area is 112 Å². The van der Waals surface area contributed by atoms with E-state index in [0.29, 0.717) is 6.42 Å². The van der Waals surface area contributed by atoms with Gasteiger partial charge in [0.25, 0.3) is 0 Å². The molecule has 1 unspecified atom stereocenters. The molecule has 0 radical (unpaired) electrons. The largest absolute Gasteiger partial charge is 0.497 e. The molecule has 0 saturated carbocycles. The van der Waals surface area contributed by atoms with Crippen LogP contribution in [0, 0.1) is 5.82 Å². The van der Waals surface area contributed by atoms with Crippen molar-refractivity contribution in [3.05, 3.63) is 65.5 Å². The molecule has 100 valence electrons. The molecular weight excluding hydrogens is 243 g/mol. The minimum absolute atomic E-state index is 0.0194. The van der Waals surface area contributed by atoms with Crippen molar-refractivity contribution >= 4 is 0 Å². The van der Waals surface area contributed by atoms with Crippen molar-refractivity contribution in [1.29, 1.82) is 0 Å². The third kappa shape index (κ3) is 3.55. The molecule has 0 spiro atoms. The van der Waals surface area contributed by atoms with Crippen LogP contribution in [0.25, 0.3) is 0 Å². The summed E-state index contributed by atoms with van der Waals surface area (Å²) in [5.41, 5.74) is 2.06. The standard InChI is InChI=1S/C16H17FO2/c1-19-16-8-2-12(3-9-16)10-14(11-18)13-4-6-15(17)7-5-13/h2-9,14,18H,10-11H2,1H3. The molecule has 0 saturated heterocycles. The van der Waals surface area contributed by atoms with E-state index in [0.717, 1.165) is 16.9 Å². The summed E-state index contributed by atoms with van der Waals surface area (Å²) >= 11 is 0. The first-order valence-electron chi connectivity index (χ1n) is 6.22. The van der Waals surface area contributed by atoms with E-state index in [-0.39, 0.29) is 18.3 Å². The Morgan fingerprint density at radius 1 is 1.05 bits per heavy atom. The Morgan fingerprint density at radius 2 is 1.68 bits per heavy atom. The molecule has 0 heterocycles. The Hall–Kier alpha value is -1.87. The van der Waals surface area contributed by atoms with Crippen LogP contribution in [-0.4, -0.2) is 18.8 Å². The van der Waals surface area contributed by atoms with E-state index in [1.54, 1.807) is 19.2 Å². The third-order valence-electron chi connectivity index (χ3n) is 3.20. The summed E-state index contributed by atoms with van der Waals surface area (Å²) in [6.07, 6.45) is 0.714. The van der Waals surface area contributed by atoms with Crippen LogP contribution in [0.15, 0.2) is 48.5 Å². The van der Waals surface area contributed by atoms with Crippen molar-refractivity contribution in [2.75, 3.05) is 13.7 Å². The van der Waals surface area contributed by atoms with E-state index in [1.807, 2.05) is 24.3 Å². The first kappa shape index (κ1) is 13.6. The first-order valence-corrected chi connectivity index (χ1v) is 6.22. The number of hydrogen-bond donors (Lipinski definition) is 1. The van der Waals surface area contributed by atoms with Crippen LogP contribution in [0.4, 0.5) is 4.39 Å². The smallest absolute Gasteiger partial charge is 0.123 e. The average Bonchev–Trinajstić information content (AvgIpc) is 2.46. The van der Waals surface area contributed by atoms with E-state index >= 15 is 0 Å². The number of hydrogen-bond acceptors (Lipinski definition) is 2. The molecule has 19 heavy (non-hydrogen) atoms. The molecule has 2 aromatic rings. The highest BCUT2D eigenvalue weighted by molar-refractivity contribution is 5.30. The highest BCUT2D eigenvalue weighted by Crippen LogP contribution is 2.22. The normalized spacial score (nSPS) is 12.2. The van der Waals surface area contributed by atoms with Gasteiger partial charge in [-0.1, -0.05) is 24.3 Å². The van der Waals surface area contributed by atoms with Crippen molar-refractivity contribution in [1.82, 2.24) is 0 Å². The molecule has 0 fully saturated rings. The summed E-state index contributed by atoms with van der Waals surface area (Å²) in [7, 11) is 1.63. The van der Waals surface area contributed by atoms with E-state index in [1.165, 1.54) is 12.1 Å². The monoisotopic (exact) mass is 260 g/mol. The van der Waals surface area contributed by atoms with Gasteiger partial charge < -0.3 is 9.84 Å². The van der Waals surface area contributed by atoms with Crippen molar-refractivity contribution in [2.24, 2.45) is 0 Å². The summed E-state index contributed by atoms with van der Waals surface area (Å²) in [5, 5.41) is 9.49. The molecule has 0 aliphatic carbocycles. The van der Waals surface area contributed by atoms with Gasteiger partial charge in [0.1, 0.15) is 11.6 Å². The zero-order chi connectivity index (χ0) is 13.7. The van der Waals surface area contributed by atoms with Gasteiger partial charge in [-0.25, -0.2) is 4.39 Å². The summed E-state index contributed by atoms with van der Waals surface area (Å²) in [5.74, 6) is 0.532. The fourth-order valence-electron chi connectivity index (χ4n) is 2.07. The number of aliphatic hydroxyl groups excluding tert-OH is 1. The van der Waals surface area contributed by atoms with Gasteiger partial charge in [0.15, 0.2) is 0 Å². The van der Waals surface area contributed by atoms with Gasteiger partial charge in [-0.3, -0.25) is 0 Å². The maximum atomic E-state index is 12.9. The quantitative estimate of drug-likeness (QED) is 0.894. The summed E-state index contributed by atoms with van der Waals surface area (Å²) in [6, 6.07) is 14.0. The molecular formula is C16H17FO2. The Balaban J connectivity index is 2.11. The fraction of sp³-hybridized carbons (Fsp3) is 0.250. The molecule has 0 aliphatic rings. The lowest BCUT2D eigenvalue weighted by molar-refractivity contribution is 0.264. The second-order valence-corrected chi connectivity index (χ2v) is 4.48. The number of benzene rings is 2. The van der Waals surface area contributed by atoms with Crippen LogP contribution in [0.1, 0.15) is 17.0 Å². The van der Waals surface area contributed by atoms with Crippen molar-refractivity contribution in [3.63, 3.8) is 0 Å². The molecule has 3 heteroatoms. The van der Waals surface area contributed by atoms with E-state index in [2.05, 4.69) is 0 Å². The lowest BCUT2D eigenvalue weighted by Gasteiger charge is -2.15. The summed E-state index contributed by atoms with van der Waals surface area (Å²) in [6.45, 7) is 0.0393. The van der Waals surface area contributed by atoms with Crippen molar-refractivity contribution in [3.8, 4) is 5.75 Å². The van der Waals surface area contributed by atoms with E-state index in [4.69, 9.17) is 4.74 Å². The highest BCUT2D eigenvalue weighted by atomic mass is 19.1. The number of halogens is 1. The van der Waals surface area contributed by atoms with Gasteiger partial charge in [-0.2, -0.15) is 0 Å². The fourth-order valence-corrected chi connectivity index (χ4v) is 2.07. The zero-order valence-electron chi connectivity index (χ0n) is 10.8. The second kappa shape index (κ2) is 6.34. The maximum Gasteiger partial charge on any atom is 0.123 e. The van der Waals surface area contributed by atoms with Crippen LogP contribution in [0.5, 0.6) is 5.75 Å². The second-order valence-electron chi connectivity index (χ2n) is 4.48. The molecule has 1 N–H and O–H groups in total. The molecule has 1 atom stereocenters. The highest BCUT2D eigenvalue weighted by Gasteiger charge is 2.11. The maximum absolute atomic E-state index is 12.9. The molecule has 2 nitrogen and oxygen atoms in total. The molecule has 0 aliphatic heterocycles. The predicted octanol–water partition coefficient (Wildman–Crippen LogP) is 3.15. The number of aliphatic hydroxyl groups is 1. The molecule has 0 bridgehead atoms. The third-order valence-corrected chi connectivity index (χ3v) is 3.20. The van der Waals surface area contributed by atoms with Crippen LogP contribution >= 0.6 is 0 Å². The van der Waals surface area contributed by atoms with Gasteiger partial charge in [0.05, 0.1) is 13.7 Å². The van der Waals surface area contributed by atoms with Gasteiger partial charge in [0.2, 0.25) is 0 Å². The summed E-state index contributed by atoms with van der Waals surface area (Å²) < 4.78 is 18.0. The SMILES string of the molecule is COc1ccc(CC(CO)c2ccc(F)cc2)cc1. The molecule has 2 rings (SSSR count). The van der Waals surface area contributed by atoms with E-state index in [9.17, 15) is 9.50 Å². The predicted molar refractivity (Wildman–Crippen MR) is 72.9 cm³/mol. The lowest BCUT2D eigenvalue weighted by atomic mass is 9.93. The average molecular weight is 260 g/mol. The summed E-state index contributed by atoms with van der Waals surface area (Å²) in [4.78, 5) is 0. The first-order chi connectivity index (χ1) is 9.22. The van der Waals surface area contributed by atoms with Gasteiger partial charge in [-0.05, 0) is 41.8 Å². The van der Waals surface area contributed by atoms with Gasteiger partial charge in [-0.15, -0.1) is 0 Å². The van der Waals surface area contributed by atoms with Gasteiger partial charge >= 0.3 is 0 Å². The molecule has 2 aromatic carbocycles. The number of methoxy groups -OCH3 is 1. The Bertz CT molecular complexity index is 505. The van der Waals surface area contributed by atoms with Crippen LogP contribution < -0.4 is 4.74 Å². The van der Waals surface area contributed by atoms with Crippen LogP contribution in [0.2, 0.25) is 0 Å². The zero-order valence-corrected chi connectivity index (χ0v) is 10.8. The minimum atomic E-state index is -0.259. The minimum Gasteiger partial charge on any atom is -0.497 e. The molecule has 0 aromatic heterocycles. The molecule has 0 amide bonds. The Morgan fingerprint density at radius 3 is 2.21 bits per heavy atom. The lowest BCUT2D eigenvalue weighted by Crippen LogP contribution is -2.07. The van der Waals surface area contributed by atoms with Gasteiger partial charge in [0, 0.05) is 5.92 Å². The number of ether oxygens (including phenoxy) is 1. The van der Waals surface area contributed by atoms with Crippen LogP contribution in [-0.2, 0) is 6.42 Å².